The van der Waals surface area contributed by atoms with E-state index in [1.54, 1.807) is 19.1 Å². The van der Waals surface area contributed by atoms with Crippen LogP contribution in [-0.4, -0.2) is 19.6 Å². The molecule has 1 aliphatic rings. The molecule has 21 heavy (non-hydrogen) atoms. The average molecular weight is 306 g/mol. The van der Waals surface area contributed by atoms with Crippen molar-refractivity contribution in [1.82, 2.24) is 9.88 Å². The van der Waals surface area contributed by atoms with E-state index in [2.05, 4.69) is 9.88 Å². The maximum absolute atomic E-state index is 12.4. The van der Waals surface area contributed by atoms with Crippen LogP contribution in [0.1, 0.15) is 29.7 Å². The van der Waals surface area contributed by atoms with E-state index < -0.39 is 10.0 Å². The summed E-state index contributed by atoms with van der Waals surface area (Å²) in [5.41, 5.74) is 3.19. The van der Waals surface area contributed by atoms with Gasteiger partial charge in [0.15, 0.2) is 5.76 Å². The fourth-order valence-corrected chi connectivity index (χ4v) is 3.78. The quantitative estimate of drug-likeness (QED) is 0.942. The van der Waals surface area contributed by atoms with Crippen molar-refractivity contribution in [2.75, 3.05) is 0 Å². The number of nitrogens with zero attached hydrogens (tertiary/aromatic N) is 1. The van der Waals surface area contributed by atoms with Gasteiger partial charge < -0.3 is 4.52 Å². The van der Waals surface area contributed by atoms with E-state index in [1.165, 1.54) is 0 Å². The highest BCUT2D eigenvalue weighted by molar-refractivity contribution is 7.89. The van der Waals surface area contributed by atoms with E-state index in [1.807, 2.05) is 19.9 Å². The van der Waals surface area contributed by atoms with E-state index in [0.29, 0.717) is 10.7 Å². The maximum Gasteiger partial charge on any atom is 0.241 e. The highest BCUT2D eigenvalue weighted by atomic mass is 32.2. The lowest BCUT2D eigenvalue weighted by Crippen LogP contribution is -2.26. The molecule has 0 spiro atoms. The lowest BCUT2D eigenvalue weighted by atomic mass is 10.1. The minimum absolute atomic E-state index is 0.0901. The van der Waals surface area contributed by atoms with Gasteiger partial charge in [0.25, 0.3) is 0 Å². The lowest BCUT2D eigenvalue weighted by molar-refractivity contribution is 0.426. The summed E-state index contributed by atoms with van der Waals surface area (Å²) in [5.74, 6) is 0.621. The Kier molecular flexibility index (Phi) is 3.37. The number of sulfonamides is 1. The third kappa shape index (κ3) is 2.73. The summed E-state index contributed by atoms with van der Waals surface area (Å²) >= 11 is 0. The zero-order valence-electron chi connectivity index (χ0n) is 12.3. The molecule has 2 aromatic rings. The maximum atomic E-state index is 12.4. The summed E-state index contributed by atoms with van der Waals surface area (Å²) in [7, 11) is -3.48. The second kappa shape index (κ2) is 4.96. The van der Waals surface area contributed by atoms with Gasteiger partial charge in [-0.1, -0.05) is 17.3 Å². The van der Waals surface area contributed by atoms with Crippen molar-refractivity contribution >= 4 is 10.0 Å². The van der Waals surface area contributed by atoms with Crippen molar-refractivity contribution < 1.29 is 12.9 Å². The van der Waals surface area contributed by atoms with Crippen LogP contribution in [0.15, 0.2) is 27.6 Å². The molecule has 1 aromatic carbocycles. The van der Waals surface area contributed by atoms with E-state index >= 15 is 0 Å². The zero-order chi connectivity index (χ0) is 15.2. The normalized spacial score (nSPS) is 15.4. The predicted octanol–water partition coefficient (Wildman–Crippen LogP) is 2.71. The topological polar surface area (TPSA) is 72.2 Å². The van der Waals surface area contributed by atoms with Crippen LogP contribution >= 0.6 is 0 Å². The number of hydrogen-bond donors (Lipinski definition) is 1. The van der Waals surface area contributed by atoms with Crippen LogP contribution < -0.4 is 4.72 Å². The second-order valence-corrected chi connectivity index (χ2v) is 7.28. The van der Waals surface area contributed by atoms with Crippen molar-refractivity contribution in [1.29, 1.82) is 0 Å². The first-order valence-electron chi connectivity index (χ1n) is 6.95. The Hall–Kier alpha value is -1.66. The van der Waals surface area contributed by atoms with Crippen LogP contribution in [0.4, 0.5) is 0 Å². The molecule has 112 valence electrons. The molecule has 1 fully saturated rings. The first-order chi connectivity index (χ1) is 9.88. The smallest absolute Gasteiger partial charge is 0.241 e. The number of aryl methyl sites for hydroxylation is 2. The van der Waals surface area contributed by atoms with Gasteiger partial charge in [0, 0.05) is 17.2 Å². The zero-order valence-corrected chi connectivity index (χ0v) is 13.1. The number of nitrogens with one attached hydrogen (secondary N) is 1. The van der Waals surface area contributed by atoms with E-state index in [4.69, 9.17) is 4.52 Å². The van der Waals surface area contributed by atoms with Gasteiger partial charge in [-0.2, -0.15) is 0 Å². The Bertz CT molecular complexity index is 789. The van der Waals surface area contributed by atoms with Gasteiger partial charge in [-0.25, -0.2) is 13.1 Å². The van der Waals surface area contributed by atoms with E-state index in [9.17, 15) is 8.42 Å². The molecular formula is C15H18N2O3S. The molecule has 0 aliphatic heterocycles. The largest absolute Gasteiger partial charge is 0.356 e. The molecule has 5 nitrogen and oxygen atoms in total. The van der Waals surface area contributed by atoms with Crippen LogP contribution in [0, 0.1) is 20.8 Å². The number of rotatable bonds is 4. The fraction of sp³-hybridized carbons (Fsp3) is 0.400. The van der Waals surface area contributed by atoms with Gasteiger partial charge in [0.1, 0.15) is 0 Å². The fourth-order valence-electron chi connectivity index (χ4n) is 2.20. The third-order valence-corrected chi connectivity index (χ3v) is 5.46. The van der Waals surface area contributed by atoms with Crippen LogP contribution in [0.3, 0.4) is 0 Å². The molecule has 0 radical (unpaired) electrons. The van der Waals surface area contributed by atoms with Gasteiger partial charge in [0.05, 0.1) is 10.6 Å². The van der Waals surface area contributed by atoms with Crippen LogP contribution in [0.25, 0.3) is 11.3 Å². The van der Waals surface area contributed by atoms with Gasteiger partial charge in [0.2, 0.25) is 10.0 Å². The van der Waals surface area contributed by atoms with Crippen molar-refractivity contribution in [3.05, 3.63) is 35.0 Å². The summed E-state index contributed by atoms with van der Waals surface area (Å²) in [5, 5.41) is 3.93. The average Bonchev–Trinajstić information content (AvgIpc) is 3.16. The lowest BCUT2D eigenvalue weighted by Gasteiger charge is -2.10. The Morgan fingerprint density at radius 1 is 1.24 bits per heavy atom. The highest BCUT2D eigenvalue weighted by Crippen LogP contribution is 2.30. The first kappa shape index (κ1) is 14.3. The van der Waals surface area contributed by atoms with Gasteiger partial charge in [-0.15, -0.1) is 0 Å². The predicted molar refractivity (Wildman–Crippen MR) is 79.5 cm³/mol. The Morgan fingerprint density at radius 2 is 1.95 bits per heavy atom. The highest BCUT2D eigenvalue weighted by Gasteiger charge is 2.29. The Labute approximate surface area is 124 Å². The van der Waals surface area contributed by atoms with E-state index in [0.717, 1.165) is 35.2 Å². The molecule has 1 aliphatic carbocycles. The molecule has 1 aromatic heterocycles. The summed E-state index contributed by atoms with van der Waals surface area (Å²) in [6.45, 7) is 5.57. The van der Waals surface area contributed by atoms with Crippen molar-refractivity contribution in [2.24, 2.45) is 0 Å². The number of aromatic nitrogens is 1. The molecule has 1 heterocycles. The first-order valence-corrected chi connectivity index (χ1v) is 8.43. The molecule has 0 atom stereocenters. The van der Waals surface area contributed by atoms with Crippen LogP contribution in [0.5, 0.6) is 0 Å². The van der Waals surface area contributed by atoms with Crippen molar-refractivity contribution in [3.63, 3.8) is 0 Å². The second-order valence-electron chi connectivity index (χ2n) is 5.60. The molecule has 0 unspecified atom stereocenters. The molecule has 0 amide bonds. The SMILES string of the molecule is Cc1ccc(-c2onc(C)c2C)cc1S(=O)(=O)NC1CC1. The molecule has 3 rings (SSSR count). The molecule has 1 saturated carbocycles. The van der Waals surface area contributed by atoms with Gasteiger partial charge in [-0.3, -0.25) is 0 Å². The van der Waals surface area contributed by atoms with Gasteiger partial charge in [-0.05, 0) is 45.2 Å². The van der Waals surface area contributed by atoms with Crippen LogP contribution in [0.2, 0.25) is 0 Å². The Morgan fingerprint density at radius 3 is 2.52 bits per heavy atom. The third-order valence-electron chi connectivity index (χ3n) is 3.80. The van der Waals surface area contributed by atoms with Crippen LogP contribution in [-0.2, 0) is 10.0 Å². The standard InChI is InChI=1S/C15H18N2O3S/c1-9-4-5-12(15-10(2)11(3)16-20-15)8-14(9)21(18,19)17-13-6-7-13/h4-5,8,13,17H,6-7H2,1-3H3. The minimum atomic E-state index is -3.48. The molecule has 1 N–H and O–H groups in total. The summed E-state index contributed by atoms with van der Waals surface area (Å²) in [4.78, 5) is 0.306. The summed E-state index contributed by atoms with van der Waals surface area (Å²) in [6.07, 6.45) is 1.83. The molecule has 6 heteroatoms. The van der Waals surface area contributed by atoms with Crippen molar-refractivity contribution in [2.45, 2.75) is 44.6 Å². The monoisotopic (exact) mass is 306 g/mol. The summed E-state index contributed by atoms with van der Waals surface area (Å²) < 4.78 is 32.9. The van der Waals surface area contributed by atoms with E-state index in [-0.39, 0.29) is 6.04 Å². The summed E-state index contributed by atoms with van der Waals surface area (Å²) in [6, 6.07) is 5.41. The Balaban J connectivity index is 2.06. The number of benzene rings is 1. The number of hydrogen-bond acceptors (Lipinski definition) is 4. The molecule has 0 saturated heterocycles. The van der Waals surface area contributed by atoms with Gasteiger partial charge >= 0.3 is 0 Å². The molecular weight excluding hydrogens is 288 g/mol. The van der Waals surface area contributed by atoms with Crippen molar-refractivity contribution in [3.8, 4) is 11.3 Å². The minimum Gasteiger partial charge on any atom is -0.356 e. The molecule has 0 bridgehead atoms.